The molecule has 6 heteroatoms. The maximum atomic E-state index is 15.6. The van der Waals surface area contributed by atoms with Crippen LogP contribution in [-0.2, 0) is 25.2 Å². The second-order valence-corrected chi connectivity index (χ2v) is 7.92. The summed E-state index contributed by atoms with van der Waals surface area (Å²) < 4.78 is 45.0. The van der Waals surface area contributed by atoms with E-state index >= 15 is 4.39 Å². The van der Waals surface area contributed by atoms with Crippen LogP contribution in [0, 0.1) is 11.6 Å². The summed E-state index contributed by atoms with van der Waals surface area (Å²) in [5, 5.41) is 1.63. The minimum Gasteiger partial charge on any atom is -0.341 e. The summed E-state index contributed by atoms with van der Waals surface area (Å²) in [6, 6.07) is 8.57. The first-order chi connectivity index (χ1) is 12.8. The average molecular weight is 393 g/mol. The third-order valence-electron chi connectivity index (χ3n) is 5.35. The number of aromatic nitrogens is 1. The molecule has 1 aliphatic heterocycles. The van der Waals surface area contributed by atoms with E-state index in [4.69, 9.17) is 11.6 Å². The Hall–Kier alpha value is -1.98. The SMILES string of the molecule is CN1CCc2c(c3cc(Cl)ccc3n2CC(C)(F)c2ccc(F)cc2F)C1. The van der Waals surface area contributed by atoms with Gasteiger partial charge >= 0.3 is 0 Å². The summed E-state index contributed by atoms with van der Waals surface area (Å²) in [4.78, 5) is 2.21. The number of hydrogen-bond donors (Lipinski definition) is 0. The molecule has 0 radical (unpaired) electrons. The quantitative estimate of drug-likeness (QED) is 0.575. The van der Waals surface area contributed by atoms with Gasteiger partial charge in [0.05, 0.1) is 6.54 Å². The molecule has 0 amide bonds. The number of fused-ring (bicyclic) bond motifs is 3. The van der Waals surface area contributed by atoms with Crippen LogP contribution >= 0.6 is 11.6 Å². The minimum absolute atomic E-state index is 0.0489. The summed E-state index contributed by atoms with van der Waals surface area (Å²) >= 11 is 6.19. The number of likely N-dealkylation sites (N-methyl/N-ethyl adjacent to an activating group) is 1. The van der Waals surface area contributed by atoms with Crippen LogP contribution in [0.15, 0.2) is 36.4 Å². The fraction of sp³-hybridized carbons (Fsp3) is 0.333. The molecular weight excluding hydrogens is 373 g/mol. The molecule has 0 aliphatic carbocycles. The number of alkyl halides is 1. The van der Waals surface area contributed by atoms with E-state index in [1.54, 1.807) is 6.07 Å². The smallest absolute Gasteiger partial charge is 0.153 e. The maximum Gasteiger partial charge on any atom is 0.153 e. The number of nitrogens with zero attached hydrogens (tertiary/aromatic N) is 2. The van der Waals surface area contributed by atoms with Crippen molar-refractivity contribution < 1.29 is 13.2 Å². The lowest BCUT2D eigenvalue weighted by Crippen LogP contribution is -2.30. The average Bonchev–Trinajstić information content (AvgIpc) is 2.86. The van der Waals surface area contributed by atoms with Crippen LogP contribution in [0.25, 0.3) is 10.9 Å². The molecule has 0 saturated heterocycles. The highest BCUT2D eigenvalue weighted by atomic mass is 35.5. The van der Waals surface area contributed by atoms with Gasteiger partial charge in [-0.25, -0.2) is 13.2 Å². The lowest BCUT2D eigenvalue weighted by molar-refractivity contribution is 0.155. The normalized spacial score (nSPS) is 17.1. The van der Waals surface area contributed by atoms with E-state index in [1.807, 2.05) is 23.7 Å². The zero-order valence-electron chi connectivity index (χ0n) is 15.2. The van der Waals surface area contributed by atoms with Gasteiger partial charge in [0, 0.05) is 52.8 Å². The molecule has 142 valence electrons. The minimum atomic E-state index is -1.99. The molecule has 4 rings (SSSR count). The van der Waals surface area contributed by atoms with Gasteiger partial charge in [-0.2, -0.15) is 0 Å². The topological polar surface area (TPSA) is 8.17 Å². The van der Waals surface area contributed by atoms with E-state index < -0.39 is 17.3 Å². The van der Waals surface area contributed by atoms with Gasteiger partial charge in [-0.3, -0.25) is 0 Å². The number of benzene rings is 2. The lowest BCUT2D eigenvalue weighted by atomic mass is 9.96. The molecule has 1 unspecified atom stereocenters. The zero-order valence-corrected chi connectivity index (χ0v) is 16.0. The Balaban J connectivity index is 1.84. The molecule has 2 aromatic carbocycles. The van der Waals surface area contributed by atoms with Crippen molar-refractivity contribution in [3.05, 3.63) is 69.9 Å². The molecular formula is C21H20ClF3N2. The summed E-state index contributed by atoms with van der Waals surface area (Å²) in [6.45, 7) is 2.91. The first kappa shape index (κ1) is 18.4. The van der Waals surface area contributed by atoms with Gasteiger partial charge < -0.3 is 9.47 Å². The van der Waals surface area contributed by atoms with Crippen molar-refractivity contribution in [1.29, 1.82) is 0 Å². The van der Waals surface area contributed by atoms with Gasteiger partial charge in [0.15, 0.2) is 5.67 Å². The van der Waals surface area contributed by atoms with E-state index in [0.29, 0.717) is 5.02 Å². The Morgan fingerprint density at radius 1 is 1.15 bits per heavy atom. The molecule has 0 N–H and O–H groups in total. The molecule has 27 heavy (non-hydrogen) atoms. The van der Waals surface area contributed by atoms with Crippen LogP contribution in [0.2, 0.25) is 5.02 Å². The maximum absolute atomic E-state index is 15.6. The Morgan fingerprint density at radius 2 is 1.93 bits per heavy atom. The molecule has 2 heterocycles. The van der Waals surface area contributed by atoms with Gasteiger partial charge in [0.2, 0.25) is 0 Å². The van der Waals surface area contributed by atoms with Gasteiger partial charge in [0.1, 0.15) is 11.6 Å². The Bertz CT molecular complexity index is 1030. The number of rotatable bonds is 3. The number of halogens is 4. The number of hydrogen-bond acceptors (Lipinski definition) is 1. The van der Waals surface area contributed by atoms with Crippen molar-refractivity contribution in [3.8, 4) is 0 Å². The first-order valence-corrected chi connectivity index (χ1v) is 9.26. The molecule has 1 aromatic heterocycles. The van der Waals surface area contributed by atoms with Gasteiger partial charge in [-0.05, 0) is 49.9 Å². The highest BCUT2D eigenvalue weighted by Gasteiger charge is 2.33. The molecule has 1 atom stereocenters. The molecule has 2 nitrogen and oxygen atoms in total. The predicted molar refractivity (Wildman–Crippen MR) is 102 cm³/mol. The van der Waals surface area contributed by atoms with Gasteiger partial charge in [-0.15, -0.1) is 0 Å². The van der Waals surface area contributed by atoms with Crippen LogP contribution in [0.3, 0.4) is 0 Å². The Labute approximate surface area is 161 Å². The zero-order chi connectivity index (χ0) is 19.3. The van der Waals surface area contributed by atoms with Crippen LogP contribution in [0.1, 0.15) is 23.7 Å². The van der Waals surface area contributed by atoms with Crippen molar-refractivity contribution in [2.45, 2.75) is 32.1 Å². The van der Waals surface area contributed by atoms with E-state index in [-0.39, 0.29) is 12.1 Å². The summed E-state index contributed by atoms with van der Waals surface area (Å²) in [5.41, 5.74) is 0.946. The lowest BCUT2D eigenvalue weighted by Gasteiger charge is -2.27. The molecule has 0 saturated carbocycles. The van der Waals surface area contributed by atoms with Crippen LogP contribution in [0.4, 0.5) is 13.2 Å². The van der Waals surface area contributed by atoms with Crippen LogP contribution < -0.4 is 0 Å². The molecule has 1 aliphatic rings. The first-order valence-electron chi connectivity index (χ1n) is 8.89. The van der Waals surface area contributed by atoms with Crippen molar-refractivity contribution in [3.63, 3.8) is 0 Å². The van der Waals surface area contributed by atoms with Crippen LogP contribution in [0.5, 0.6) is 0 Å². The molecule has 0 spiro atoms. The Morgan fingerprint density at radius 3 is 2.67 bits per heavy atom. The monoisotopic (exact) mass is 392 g/mol. The summed E-state index contributed by atoms with van der Waals surface area (Å²) in [6.07, 6.45) is 0.778. The van der Waals surface area contributed by atoms with E-state index in [1.165, 1.54) is 13.0 Å². The molecule has 3 aromatic rings. The van der Waals surface area contributed by atoms with Gasteiger partial charge in [-0.1, -0.05) is 11.6 Å². The third kappa shape index (κ3) is 3.23. The summed E-state index contributed by atoms with van der Waals surface area (Å²) in [7, 11) is 2.05. The fourth-order valence-electron chi connectivity index (χ4n) is 4.03. The van der Waals surface area contributed by atoms with Crippen molar-refractivity contribution in [2.24, 2.45) is 0 Å². The van der Waals surface area contributed by atoms with Crippen LogP contribution in [-0.4, -0.2) is 23.1 Å². The second kappa shape index (κ2) is 6.57. The van der Waals surface area contributed by atoms with E-state index in [2.05, 4.69) is 4.90 Å². The predicted octanol–water partition coefficient (Wildman–Crippen LogP) is 5.45. The van der Waals surface area contributed by atoms with E-state index in [0.717, 1.165) is 53.8 Å². The van der Waals surface area contributed by atoms with Crippen molar-refractivity contribution in [2.75, 3.05) is 13.6 Å². The Kier molecular flexibility index (Phi) is 4.47. The second-order valence-electron chi connectivity index (χ2n) is 7.48. The highest BCUT2D eigenvalue weighted by Crippen LogP contribution is 2.37. The van der Waals surface area contributed by atoms with Gasteiger partial charge in [0.25, 0.3) is 0 Å². The molecule has 0 bridgehead atoms. The fourth-order valence-corrected chi connectivity index (χ4v) is 4.20. The van der Waals surface area contributed by atoms with Crippen molar-refractivity contribution >= 4 is 22.5 Å². The third-order valence-corrected chi connectivity index (χ3v) is 5.59. The van der Waals surface area contributed by atoms with Crippen molar-refractivity contribution in [1.82, 2.24) is 9.47 Å². The largest absolute Gasteiger partial charge is 0.341 e. The highest BCUT2D eigenvalue weighted by molar-refractivity contribution is 6.31. The summed E-state index contributed by atoms with van der Waals surface area (Å²) in [5.74, 6) is -1.58. The van der Waals surface area contributed by atoms with E-state index in [9.17, 15) is 8.78 Å². The molecule has 0 fully saturated rings. The standard InChI is InChI=1S/C21H20ClF3N2/c1-21(25,17-5-4-14(23)10-18(17)24)12-27-19-6-3-13(22)9-15(19)16-11-26(2)8-7-20(16)27/h3-6,9-10H,7-8,11-12H2,1-2H3.